The van der Waals surface area contributed by atoms with E-state index in [-0.39, 0.29) is 13.2 Å². The van der Waals surface area contributed by atoms with Crippen LogP contribution in [0.3, 0.4) is 0 Å². The van der Waals surface area contributed by atoms with Crippen molar-refractivity contribution in [1.82, 2.24) is 0 Å². The Morgan fingerprint density at radius 1 is 1.60 bits per heavy atom. The van der Waals surface area contributed by atoms with E-state index in [9.17, 15) is 13.6 Å². The molecule has 0 aromatic rings. The average molecular weight is 151 g/mol. The topological polar surface area (TPSA) is 38.7 Å². The van der Waals surface area contributed by atoms with Gasteiger partial charge in [-0.25, -0.2) is 9.79 Å². The largest absolute Gasteiger partial charge is 0.345 e. The predicted octanol–water partition coefficient (Wildman–Crippen LogP) is 0.952. The summed E-state index contributed by atoms with van der Waals surface area (Å²) in [5, 5.41) is 0. The van der Waals surface area contributed by atoms with E-state index in [1.165, 1.54) is 6.08 Å². The zero-order valence-electron chi connectivity index (χ0n) is 5.22. The van der Waals surface area contributed by atoms with Crippen LogP contribution in [0.25, 0.3) is 0 Å². The van der Waals surface area contributed by atoms with Crippen molar-refractivity contribution in [2.24, 2.45) is 4.99 Å². The van der Waals surface area contributed by atoms with E-state index in [0.29, 0.717) is 6.42 Å². The predicted molar refractivity (Wildman–Crippen MR) is 29.6 cm³/mol. The fraction of sp³-hybridized carbons (Fsp3) is 0.800. The van der Waals surface area contributed by atoms with E-state index < -0.39 is 6.61 Å². The molecule has 0 spiro atoms. The summed E-state index contributed by atoms with van der Waals surface area (Å²) in [7, 11) is 0. The zero-order chi connectivity index (χ0) is 7.82. The van der Waals surface area contributed by atoms with Gasteiger partial charge in [-0.2, -0.15) is 8.78 Å². The molecule has 0 aliphatic heterocycles. The van der Waals surface area contributed by atoms with Crippen LogP contribution in [-0.4, -0.2) is 25.8 Å². The first-order chi connectivity index (χ1) is 4.77. The molecule has 0 rings (SSSR count). The molecule has 0 aliphatic carbocycles. The van der Waals surface area contributed by atoms with Crippen molar-refractivity contribution in [2.45, 2.75) is 13.0 Å². The molecule has 5 heteroatoms. The van der Waals surface area contributed by atoms with Crippen LogP contribution in [0.1, 0.15) is 6.42 Å². The molecule has 0 bridgehead atoms. The first kappa shape index (κ1) is 9.20. The zero-order valence-corrected chi connectivity index (χ0v) is 5.22. The fourth-order valence-electron chi connectivity index (χ4n) is 0.362. The molecule has 0 saturated heterocycles. The van der Waals surface area contributed by atoms with Gasteiger partial charge in [0.15, 0.2) is 0 Å². The van der Waals surface area contributed by atoms with Gasteiger partial charge >= 0.3 is 6.61 Å². The summed E-state index contributed by atoms with van der Waals surface area (Å²) in [6.07, 6.45) is 1.61. The maximum absolute atomic E-state index is 11.2. The molecule has 58 valence electrons. The highest BCUT2D eigenvalue weighted by Crippen LogP contribution is 1.94. The standard InChI is InChI=1S/C5H7F2NO2/c6-5(7)10-3-1-2-8-4-9/h5H,1-3H2. The van der Waals surface area contributed by atoms with Gasteiger partial charge in [0.05, 0.1) is 13.2 Å². The molecule has 0 aromatic carbocycles. The molecule has 0 aromatic heterocycles. The third kappa shape index (κ3) is 7.20. The normalized spacial score (nSPS) is 9.50. The van der Waals surface area contributed by atoms with Crippen LogP contribution in [0.2, 0.25) is 0 Å². The Hall–Kier alpha value is -0.800. The minimum atomic E-state index is -2.74. The number of rotatable bonds is 5. The highest BCUT2D eigenvalue weighted by atomic mass is 19.3. The van der Waals surface area contributed by atoms with Gasteiger partial charge in [0.25, 0.3) is 0 Å². The molecule has 0 radical (unpaired) electrons. The van der Waals surface area contributed by atoms with E-state index in [4.69, 9.17) is 0 Å². The lowest BCUT2D eigenvalue weighted by molar-refractivity contribution is -0.128. The Balaban J connectivity index is 2.98. The molecular weight excluding hydrogens is 144 g/mol. The van der Waals surface area contributed by atoms with Crippen molar-refractivity contribution in [1.29, 1.82) is 0 Å². The minimum Gasteiger partial charge on any atom is -0.323 e. The molecule has 10 heavy (non-hydrogen) atoms. The van der Waals surface area contributed by atoms with E-state index in [0.717, 1.165) is 0 Å². The average Bonchev–Trinajstić information content (AvgIpc) is 1.87. The van der Waals surface area contributed by atoms with Crippen LogP contribution in [-0.2, 0) is 9.53 Å². The Bertz CT molecular complexity index is 123. The summed E-state index contributed by atoms with van der Waals surface area (Å²) in [4.78, 5) is 12.6. The maximum atomic E-state index is 11.2. The van der Waals surface area contributed by atoms with Crippen molar-refractivity contribution < 1.29 is 18.3 Å². The van der Waals surface area contributed by atoms with Gasteiger partial charge < -0.3 is 4.74 Å². The Kier molecular flexibility index (Phi) is 5.82. The van der Waals surface area contributed by atoms with E-state index in [1.54, 1.807) is 0 Å². The SMILES string of the molecule is O=C=NCCCOC(F)F. The second-order valence-electron chi connectivity index (χ2n) is 1.46. The number of hydrogen-bond donors (Lipinski definition) is 0. The van der Waals surface area contributed by atoms with Crippen LogP contribution < -0.4 is 0 Å². The van der Waals surface area contributed by atoms with Gasteiger partial charge in [-0.3, -0.25) is 0 Å². The second kappa shape index (κ2) is 6.32. The number of nitrogens with zero attached hydrogens (tertiary/aromatic N) is 1. The molecule has 0 heterocycles. The summed E-state index contributed by atoms with van der Waals surface area (Å²) in [6, 6.07) is 0. The van der Waals surface area contributed by atoms with E-state index >= 15 is 0 Å². The highest BCUT2D eigenvalue weighted by Gasteiger charge is 1.98. The van der Waals surface area contributed by atoms with Crippen molar-refractivity contribution in [3.8, 4) is 0 Å². The lowest BCUT2D eigenvalue weighted by Gasteiger charge is -1.97. The Morgan fingerprint density at radius 3 is 2.80 bits per heavy atom. The third-order valence-electron chi connectivity index (χ3n) is 0.723. The van der Waals surface area contributed by atoms with Crippen molar-refractivity contribution in [3.05, 3.63) is 0 Å². The van der Waals surface area contributed by atoms with E-state index in [1.807, 2.05) is 0 Å². The number of carbonyl (C=O) groups excluding carboxylic acids is 1. The Labute approximate surface area is 56.7 Å². The van der Waals surface area contributed by atoms with Crippen LogP contribution in [0.4, 0.5) is 8.78 Å². The van der Waals surface area contributed by atoms with Gasteiger partial charge in [-0.05, 0) is 6.42 Å². The van der Waals surface area contributed by atoms with Crippen LogP contribution in [0.15, 0.2) is 4.99 Å². The number of hydrogen-bond acceptors (Lipinski definition) is 3. The first-order valence-corrected chi connectivity index (χ1v) is 2.70. The molecular formula is C5H7F2NO2. The molecule has 0 fully saturated rings. The Morgan fingerprint density at radius 2 is 2.30 bits per heavy atom. The first-order valence-electron chi connectivity index (χ1n) is 2.70. The third-order valence-corrected chi connectivity index (χ3v) is 0.723. The smallest absolute Gasteiger partial charge is 0.323 e. The van der Waals surface area contributed by atoms with Gasteiger partial charge in [-0.15, -0.1) is 0 Å². The summed E-state index contributed by atoms with van der Waals surface area (Å²) in [6.45, 7) is -2.63. The highest BCUT2D eigenvalue weighted by molar-refractivity contribution is 5.32. The lowest BCUT2D eigenvalue weighted by Crippen LogP contribution is -2.01. The number of halogens is 2. The number of aliphatic imine (C=N–C) groups is 1. The molecule has 3 nitrogen and oxygen atoms in total. The molecule has 0 aliphatic rings. The molecule has 0 unspecified atom stereocenters. The van der Waals surface area contributed by atoms with Gasteiger partial charge in [-0.1, -0.05) is 0 Å². The maximum Gasteiger partial charge on any atom is 0.345 e. The minimum absolute atomic E-state index is 0.0805. The second-order valence-corrected chi connectivity index (χ2v) is 1.46. The van der Waals surface area contributed by atoms with Gasteiger partial charge in [0, 0.05) is 0 Å². The molecule has 0 N–H and O–H groups in total. The van der Waals surface area contributed by atoms with Gasteiger partial charge in [0.1, 0.15) is 0 Å². The summed E-state index contributed by atoms with van der Waals surface area (Å²) >= 11 is 0. The summed E-state index contributed by atoms with van der Waals surface area (Å²) < 4.78 is 26.3. The number of isocyanates is 1. The van der Waals surface area contributed by atoms with Crippen LogP contribution in [0.5, 0.6) is 0 Å². The fourth-order valence-corrected chi connectivity index (χ4v) is 0.362. The summed E-state index contributed by atoms with van der Waals surface area (Å²) in [5.74, 6) is 0. The lowest BCUT2D eigenvalue weighted by atomic mass is 10.5. The number of alkyl halides is 2. The van der Waals surface area contributed by atoms with Crippen molar-refractivity contribution in [3.63, 3.8) is 0 Å². The van der Waals surface area contributed by atoms with Gasteiger partial charge in [0.2, 0.25) is 6.08 Å². The quantitative estimate of drug-likeness (QED) is 0.333. The summed E-state index contributed by atoms with van der Waals surface area (Å²) in [5.41, 5.74) is 0. The van der Waals surface area contributed by atoms with Crippen LogP contribution in [0, 0.1) is 0 Å². The van der Waals surface area contributed by atoms with Crippen molar-refractivity contribution in [2.75, 3.05) is 13.2 Å². The molecule has 0 saturated carbocycles. The van der Waals surface area contributed by atoms with E-state index in [2.05, 4.69) is 9.73 Å². The number of ether oxygens (including phenoxy) is 1. The molecule has 0 amide bonds. The molecule has 0 atom stereocenters. The van der Waals surface area contributed by atoms with Crippen molar-refractivity contribution >= 4 is 6.08 Å². The monoisotopic (exact) mass is 151 g/mol. The van der Waals surface area contributed by atoms with Crippen LogP contribution >= 0.6 is 0 Å².